The van der Waals surface area contributed by atoms with Crippen LogP contribution in [0.5, 0.6) is 0 Å². The summed E-state index contributed by atoms with van der Waals surface area (Å²) in [5.41, 5.74) is 1.86. The molecule has 4 fully saturated rings. The third-order valence-corrected chi connectivity index (χ3v) is 5.94. The van der Waals surface area contributed by atoms with E-state index in [1.165, 1.54) is 24.2 Å². The van der Waals surface area contributed by atoms with Crippen molar-refractivity contribution in [3.63, 3.8) is 0 Å². The minimum atomic E-state index is 0.882. The second-order valence-electron chi connectivity index (χ2n) is 5.79. The zero-order valence-electron chi connectivity index (χ0n) is 7.43. The Morgan fingerprint density at radius 1 is 1.27 bits per heavy atom. The fraction of sp³-hybridized carbons (Fsp3) is 1.00. The summed E-state index contributed by atoms with van der Waals surface area (Å²) in [4.78, 5) is 0. The van der Waals surface area contributed by atoms with E-state index >= 15 is 0 Å². The smallest absolute Gasteiger partial charge is 0.0142 e. The molecule has 0 amide bonds. The number of fused-ring (bicyclic) bond motifs is 2. The molecule has 0 heteroatoms. The first kappa shape index (κ1) is 5.61. The molecule has 0 bridgehead atoms. The second-order valence-corrected chi connectivity index (χ2v) is 5.79. The van der Waals surface area contributed by atoms with Gasteiger partial charge in [-0.15, -0.1) is 0 Å². The molecule has 4 aliphatic rings. The van der Waals surface area contributed by atoms with E-state index in [0.717, 1.165) is 16.7 Å². The first-order chi connectivity index (χ1) is 5.23. The van der Waals surface area contributed by atoms with E-state index in [4.69, 9.17) is 0 Å². The van der Waals surface area contributed by atoms with Crippen molar-refractivity contribution in [1.82, 2.24) is 0 Å². The van der Waals surface area contributed by atoms with Crippen LogP contribution in [0.2, 0.25) is 0 Å². The molecular weight excluding hydrogens is 132 g/mol. The largest absolute Gasteiger partial charge is 0.0622 e. The molecule has 0 nitrogen and oxygen atoms in total. The molecule has 0 aromatic heterocycles. The van der Waals surface area contributed by atoms with Crippen LogP contribution < -0.4 is 0 Å². The molecule has 4 saturated carbocycles. The molecule has 11 heavy (non-hydrogen) atoms. The zero-order chi connectivity index (χ0) is 7.43. The van der Waals surface area contributed by atoms with Gasteiger partial charge in [0.25, 0.3) is 0 Å². The van der Waals surface area contributed by atoms with Gasteiger partial charge >= 0.3 is 0 Å². The van der Waals surface area contributed by atoms with E-state index < -0.39 is 0 Å². The Bertz CT molecular complexity index is 257. The van der Waals surface area contributed by atoms with Gasteiger partial charge in [-0.05, 0) is 53.8 Å². The van der Waals surface area contributed by atoms with Crippen molar-refractivity contribution >= 4 is 0 Å². The first-order valence-corrected chi connectivity index (χ1v) is 5.23. The van der Waals surface area contributed by atoms with Gasteiger partial charge in [-0.3, -0.25) is 0 Å². The molecule has 0 heterocycles. The molecule has 6 unspecified atom stereocenters. The summed E-state index contributed by atoms with van der Waals surface area (Å²) in [7, 11) is 0. The Morgan fingerprint density at radius 3 is 2.73 bits per heavy atom. The Hall–Kier alpha value is 0. The van der Waals surface area contributed by atoms with Crippen LogP contribution >= 0.6 is 0 Å². The fourth-order valence-corrected chi connectivity index (χ4v) is 5.40. The van der Waals surface area contributed by atoms with Crippen LogP contribution in [0.25, 0.3) is 0 Å². The Balaban J connectivity index is 1.81. The molecule has 0 N–H and O–H groups in total. The van der Waals surface area contributed by atoms with Crippen molar-refractivity contribution in [2.45, 2.75) is 33.1 Å². The van der Waals surface area contributed by atoms with Crippen LogP contribution in [0, 0.1) is 34.5 Å². The van der Waals surface area contributed by atoms with Crippen molar-refractivity contribution in [3.8, 4) is 0 Å². The average Bonchev–Trinajstić information content (AvgIpc) is 2.66. The van der Waals surface area contributed by atoms with Gasteiger partial charge in [0, 0.05) is 0 Å². The minimum absolute atomic E-state index is 0.882. The van der Waals surface area contributed by atoms with Crippen molar-refractivity contribution in [2.75, 3.05) is 0 Å². The number of hydrogen-bond donors (Lipinski definition) is 0. The fourth-order valence-electron chi connectivity index (χ4n) is 5.40. The summed E-state index contributed by atoms with van der Waals surface area (Å²) in [5.74, 6) is 4.72. The molecule has 0 radical (unpaired) electrons. The van der Waals surface area contributed by atoms with Gasteiger partial charge in [-0.25, -0.2) is 0 Å². The van der Waals surface area contributed by atoms with Crippen molar-refractivity contribution in [3.05, 3.63) is 0 Å². The maximum absolute atomic E-state index is 2.56. The SMILES string of the molecule is CC1CCC2(C)C3C4CC1C432. The maximum atomic E-state index is 2.56. The normalized spacial score (nSPS) is 81.3. The Kier molecular flexibility index (Phi) is 0.567. The van der Waals surface area contributed by atoms with E-state index in [1.807, 2.05) is 0 Å². The van der Waals surface area contributed by atoms with Crippen LogP contribution in [-0.4, -0.2) is 0 Å². The lowest BCUT2D eigenvalue weighted by Crippen LogP contribution is -2.43. The van der Waals surface area contributed by atoms with E-state index in [1.54, 1.807) is 12.8 Å². The topological polar surface area (TPSA) is 0 Å². The molecule has 0 saturated heterocycles. The predicted octanol–water partition coefficient (Wildman–Crippen LogP) is 2.69. The van der Waals surface area contributed by atoms with Crippen molar-refractivity contribution in [2.24, 2.45) is 34.5 Å². The lowest BCUT2D eigenvalue weighted by Gasteiger charge is -2.50. The maximum Gasteiger partial charge on any atom is -0.0142 e. The molecule has 6 atom stereocenters. The molecule has 0 aromatic rings. The summed E-state index contributed by atoms with van der Waals surface area (Å²) >= 11 is 0. The van der Waals surface area contributed by atoms with Gasteiger partial charge in [-0.2, -0.15) is 0 Å². The van der Waals surface area contributed by atoms with Crippen LogP contribution in [-0.2, 0) is 0 Å². The molecule has 60 valence electrons. The lowest BCUT2D eigenvalue weighted by molar-refractivity contribution is -0.0155. The van der Waals surface area contributed by atoms with Gasteiger partial charge in [0.1, 0.15) is 0 Å². The van der Waals surface area contributed by atoms with Crippen LogP contribution in [0.3, 0.4) is 0 Å². The highest BCUT2D eigenvalue weighted by atomic mass is 15.0. The van der Waals surface area contributed by atoms with Gasteiger partial charge in [0.2, 0.25) is 0 Å². The molecule has 0 aliphatic heterocycles. The average molecular weight is 148 g/mol. The quantitative estimate of drug-likeness (QED) is 0.495. The standard InChI is InChI=1S/C11H16/c1-6-3-4-10(2)9-8-5-7(6)11(8,9)10/h6-9H,3-5H2,1-2H3. The highest BCUT2D eigenvalue weighted by Gasteiger charge is 2.99. The lowest BCUT2D eigenvalue weighted by atomic mass is 9.55. The van der Waals surface area contributed by atoms with Crippen molar-refractivity contribution < 1.29 is 0 Å². The highest BCUT2D eigenvalue weighted by molar-refractivity contribution is 5.46. The van der Waals surface area contributed by atoms with Gasteiger partial charge in [0.05, 0.1) is 0 Å². The summed E-state index contributed by atoms with van der Waals surface area (Å²) in [5, 5.41) is 0. The van der Waals surface area contributed by atoms with Gasteiger partial charge in [-0.1, -0.05) is 13.8 Å². The summed E-state index contributed by atoms with van der Waals surface area (Å²) in [6.07, 6.45) is 4.71. The minimum Gasteiger partial charge on any atom is -0.0622 e. The molecular formula is C11H16. The molecule has 1 spiro atoms. The van der Waals surface area contributed by atoms with Gasteiger partial charge < -0.3 is 0 Å². The Labute approximate surface area is 68.4 Å². The summed E-state index contributed by atoms with van der Waals surface area (Å²) < 4.78 is 0. The van der Waals surface area contributed by atoms with E-state index in [0.29, 0.717) is 0 Å². The number of rotatable bonds is 0. The summed E-state index contributed by atoms with van der Waals surface area (Å²) in [6, 6.07) is 0. The van der Waals surface area contributed by atoms with Crippen LogP contribution in [0.4, 0.5) is 0 Å². The predicted molar refractivity (Wildman–Crippen MR) is 44.0 cm³/mol. The van der Waals surface area contributed by atoms with Crippen molar-refractivity contribution in [1.29, 1.82) is 0 Å². The highest BCUT2D eigenvalue weighted by Crippen LogP contribution is 3.04. The molecule has 0 aromatic carbocycles. The monoisotopic (exact) mass is 148 g/mol. The van der Waals surface area contributed by atoms with E-state index in [2.05, 4.69) is 13.8 Å². The third kappa shape index (κ3) is 0.290. The first-order valence-electron chi connectivity index (χ1n) is 5.23. The van der Waals surface area contributed by atoms with Crippen LogP contribution in [0.15, 0.2) is 0 Å². The number of hydrogen-bond acceptors (Lipinski definition) is 0. The second kappa shape index (κ2) is 1.11. The third-order valence-electron chi connectivity index (χ3n) is 5.94. The molecule has 4 rings (SSSR count). The van der Waals surface area contributed by atoms with E-state index in [9.17, 15) is 0 Å². The zero-order valence-corrected chi connectivity index (χ0v) is 7.43. The van der Waals surface area contributed by atoms with Gasteiger partial charge in [0.15, 0.2) is 0 Å². The van der Waals surface area contributed by atoms with E-state index in [-0.39, 0.29) is 0 Å². The molecule has 4 aliphatic carbocycles. The van der Waals surface area contributed by atoms with Crippen LogP contribution in [0.1, 0.15) is 33.1 Å². The Morgan fingerprint density at radius 2 is 2.09 bits per heavy atom. The summed E-state index contributed by atoms with van der Waals surface area (Å²) in [6.45, 7) is 5.05.